The highest BCUT2D eigenvalue weighted by Crippen LogP contribution is 2.47. The molecular weight excluding hydrogens is 553 g/mol. The van der Waals surface area contributed by atoms with Crippen molar-refractivity contribution < 1.29 is 23.5 Å². The van der Waals surface area contributed by atoms with Crippen molar-refractivity contribution >= 4 is 17.6 Å². The van der Waals surface area contributed by atoms with Crippen LogP contribution in [0.5, 0.6) is 5.75 Å². The summed E-state index contributed by atoms with van der Waals surface area (Å²) in [5.41, 5.74) is 3.51. The lowest BCUT2D eigenvalue weighted by Crippen LogP contribution is -2.55. The van der Waals surface area contributed by atoms with Crippen LogP contribution in [0.2, 0.25) is 0 Å². The molecule has 1 aliphatic heterocycles. The predicted octanol–water partition coefficient (Wildman–Crippen LogP) is 7.85. The first-order valence-electron chi connectivity index (χ1n) is 14.6. The maximum atomic E-state index is 13.7. The van der Waals surface area contributed by atoms with E-state index in [1.165, 1.54) is 19.2 Å². The van der Waals surface area contributed by atoms with Gasteiger partial charge in [-0.1, -0.05) is 103 Å². The maximum absolute atomic E-state index is 13.7. The normalized spacial score (nSPS) is 16.2. The topological polar surface area (TPSA) is 55.8 Å². The van der Waals surface area contributed by atoms with E-state index >= 15 is 0 Å². The van der Waals surface area contributed by atoms with Crippen molar-refractivity contribution in [2.45, 2.75) is 24.5 Å². The Morgan fingerprint density at radius 1 is 0.727 bits per heavy atom. The first kappa shape index (κ1) is 28.9. The lowest BCUT2D eigenvalue weighted by atomic mass is 9.79. The number of carbonyl (C=O) groups excluding carboxylic acids is 2. The molecule has 0 saturated carbocycles. The average molecular weight is 586 g/mol. The average Bonchev–Trinajstić information content (AvgIpc) is 3.08. The number of benzene rings is 5. The highest BCUT2D eigenvalue weighted by Gasteiger charge is 2.48. The molecule has 5 nitrogen and oxygen atoms in total. The van der Waals surface area contributed by atoms with Crippen molar-refractivity contribution in [1.29, 1.82) is 0 Å². The van der Waals surface area contributed by atoms with Gasteiger partial charge in [0.2, 0.25) is 5.91 Å². The largest absolute Gasteiger partial charge is 0.473 e. The number of halogens is 1. The van der Waals surface area contributed by atoms with Crippen LogP contribution in [-0.4, -0.2) is 19.0 Å². The molecule has 1 aliphatic rings. The number of carbonyl (C=O) groups is 2. The van der Waals surface area contributed by atoms with Gasteiger partial charge < -0.3 is 14.4 Å². The quantitative estimate of drug-likeness (QED) is 0.0952. The lowest BCUT2D eigenvalue weighted by molar-refractivity contribution is -0.141. The number of hydrogen-bond acceptors (Lipinski definition) is 4. The Hall–Kier alpha value is -5.23. The Morgan fingerprint density at radius 3 is 1.70 bits per heavy atom. The van der Waals surface area contributed by atoms with Gasteiger partial charge in [-0.05, 0) is 48.4 Å². The number of amides is 1. The van der Waals surface area contributed by atoms with Crippen LogP contribution in [0.4, 0.5) is 10.1 Å². The van der Waals surface area contributed by atoms with Gasteiger partial charge in [-0.3, -0.25) is 9.59 Å². The first-order valence-corrected chi connectivity index (χ1v) is 14.6. The Balaban J connectivity index is 1.38. The molecule has 0 spiro atoms. The molecule has 44 heavy (non-hydrogen) atoms. The molecule has 0 bridgehead atoms. The zero-order chi connectivity index (χ0) is 30.5. The Bertz CT molecular complexity index is 1610. The van der Waals surface area contributed by atoms with E-state index in [0.29, 0.717) is 17.9 Å². The molecule has 0 aromatic heterocycles. The Kier molecular flexibility index (Phi) is 8.24. The van der Waals surface area contributed by atoms with E-state index in [-0.39, 0.29) is 30.2 Å². The Morgan fingerprint density at radius 2 is 1.23 bits per heavy atom. The van der Waals surface area contributed by atoms with Crippen LogP contribution < -0.4 is 9.64 Å². The second kappa shape index (κ2) is 12.6. The molecule has 5 aromatic carbocycles. The molecule has 5 aromatic rings. The van der Waals surface area contributed by atoms with E-state index in [0.717, 1.165) is 22.3 Å². The molecule has 0 radical (unpaired) electrons. The summed E-state index contributed by atoms with van der Waals surface area (Å²) < 4.78 is 25.5. The van der Waals surface area contributed by atoms with Crippen molar-refractivity contribution in [3.8, 4) is 5.75 Å². The van der Waals surface area contributed by atoms with E-state index < -0.39 is 11.5 Å². The summed E-state index contributed by atoms with van der Waals surface area (Å²) in [4.78, 5) is 26.9. The van der Waals surface area contributed by atoms with E-state index in [1.54, 1.807) is 17.0 Å². The maximum Gasteiger partial charge on any atom is 0.305 e. The fraction of sp³-hybridized carbons (Fsp3) is 0.158. The molecule has 2 unspecified atom stereocenters. The van der Waals surface area contributed by atoms with Gasteiger partial charge in [-0.2, -0.15) is 0 Å². The number of nitrogens with zero attached hydrogens (tertiary/aromatic N) is 1. The highest BCUT2D eigenvalue weighted by molar-refractivity contribution is 6.03. The highest BCUT2D eigenvalue weighted by atomic mass is 19.1. The molecule has 6 heteroatoms. The summed E-state index contributed by atoms with van der Waals surface area (Å²) in [5, 5.41) is 0. The standard InChI is InChI=1S/C38H32FNO4/c1-43-35(41)26-25-34-36(40(37(34)42)32-21-19-31(39)20-22-32)27-17-23-33(24-18-27)44-38(28-11-5-2-6-12-28,29-13-7-3-8-14-29)30-15-9-4-10-16-30/h2-24,34,36H,25-26H2,1H3. The molecule has 1 amide bonds. The van der Waals surface area contributed by atoms with Gasteiger partial charge in [0.15, 0.2) is 5.60 Å². The molecule has 1 fully saturated rings. The molecule has 220 valence electrons. The number of hydrogen-bond donors (Lipinski definition) is 0. The molecule has 0 N–H and O–H groups in total. The van der Waals surface area contributed by atoms with Crippen molar-refractivity contribution in [3.05, 3.63) is 168 Å². The lowest BCUT2D eigenvalue weighted by Gasteiger charge is -2.47. The number of rotatable bonds is 10. The van der Waals surface area contributed by atoms with Gasteiger partial charge in [0.25, 0.3) is 0 Å². The van der Waals surface area contributed by atoms with E-state index in [4.69, 9.17) is 9.47 Å². The van der Waals surface area contributed by atoms with Crippen LogP contribution in [0, 0.1) is 11.7 Å². The summed E-state index contributed by atoms with van der Waals surface area (Å²) in [6.45, 7) is 0. The number of ether oxygens (including phenoxy) is 2. The second-order valence-electron chi connectivity index (χ2n) is 10.8. The molecule has 2 atom stereocenters. The number of esters is 1. The summed E-state index contributed by atoms with van der Waals surface area (Å²) in [6.07, 6.45) is 0.487. The first-order chi connectivity index (χ1) is 21.5. The monoisotopic (exact) mass is 585 g/mol. The van der Waals surface area contributed by atoms with Gasteiger partial charge in [0.05, 0.1) is 19.1 Å². The molecule has 1 saturated heterocycles. The zero-order valence-electron chi connectivity index (χ0n) is 24.3. The third-order valence-electron chi connectivity index (χ3n) is 8.24. The smallest absolute Gasteiger partial charge is 0.305 e. The van der Waals surface area contributed by atoms with Crippen molar-refractivity contribution in [1.82, 2.24) is 0 Å². The zero-order valence-corrected chi connectivity index (χ0v) is 24.3. The second-order valence-corrected chi connectivity index (χ2v) is 10.8. The van der Waals surface area contributed by atoms with Gasteiger partial charge in [-0.25, -0.2) is 4.39 Å². The third kappa shape index (κ3) is 5.47. The minimum Gasteiger partial charge on any atom is -0.473 e. The van der Waals surface area contributed by atoms with Gasteiger partial charge in [0, 0.05) is 28.8 Å². The van der Waals surface area contributed by atoms with E-state index in [9.17, 15) is 14.0 Å². The number of methoxy groups -OCH3 is 1. The summed E-state index contributed by atoms with van der Waals surface area (Å²) in [5.74, 6) is -0.610. The summed E-state index contributed by atoms with van der Waals surface area (Å²) >= 11 is 0. The minimum atomic E-state index is -0.930. The van der Waals surface area contributed by atoms with Crippen LogP contribution in [-0.2, 0) is 19.9 Å². The van der Waals surface area contributed by atoms with Crippen LogP contribution >= 0.6 is 0 Å². The summed E-state index contributed by atoms with van der Waals surface area (Å²) in [7, 11) is 1.34. The Labute approximate surface area is 256 Å². The molecule has 6 rings (SSSR count). The van der Waals surface area contributed by atoms with Gasteiger partial charge in [0.1, 0.15) is 11.6 Å². The van der Waals surface area contributed by atoms with Gasteiger partial charge in [-0.15, -0.1) is 0 Å². The minimum absolute atomic E-state index is 0.109. The van der Waals surface area contributed by atoms with Crippen LogP contribution in [0.1, 0.15) is 41.1 Å². The molecule has 1 heterocycles. The van der Waals surface area contributed by atoms with Crippen molar-refractivity contribution in [2.75, 3.05) is 12.0 Å². The fourth-order valence-electron chi connectivity index (χ4n) is 6.08. The van der Waals surface area contributed by atoms with Crippen LogP contribution in [0.3, 0.4) is 0 Å². The summed E-state index contributed by atoms with van der Waals surface area (Å²) in [6, 6.07) is 43.7. The van der Waals surface area contributed by atoms with E-state index in [2.05, 4.69) is 36.4 Å². The fourth-order valence-corrected chi connectivity index (χ4v) is 6.08. The number of anilines is 1. The van der Waals surface area contributed by atoms with Crippen LogP contribution in [0.25, 0.3) is 0 Å². The van der Waals surface area contributed by atoms with E-state index in [1.807, 2.05) is 78.9 Å². The predicted molar refractivity (Wildman–Crippen MR) is 168 cm³/mol. The van der Waals surface area contributed by atoms with Crippen molar-refractivity contribution in [2.24, 2.45) is 5.92 Å². The molecular formula is C38H32FNO4. The van der Waals surface area contributed by atoms with Gasteiger partial charge >= 0.3 is 5.97 Å². The third-order valence-corrected chi connectivity index (χ3v) is 8.24. The SMILES string of the molecule is COC(=O)CCC1C(=O)N(c2ccc(F)cc2)C1c1ccc(OC(c2ccccc2)(c2ccccc2)c2ccccc2)cc1. The van der Waals surface area contributed by atoms with Crippen LogP contribution in [0.15, 0.2) is 140 Å². The molecule has 0 aliphatic carbocycles. The van der Waals surface area contributed by atoms with Crippen molar-refractivity contribution in [3.63, 3.8) is 0 Å². The number of β-lactam (4-membered cyclic amide) rings is 1.